The summed E-state index contributed by atoms with van der Waals surface area (Å²) in [5.74, 6) is -0.225. The summed E-state index contributed by atoms with van der Waals surface area (Å²) in [6, 6.07) is 5.79. The van der Waals surface area contributed by atoms with Crippen LogP contribution in [0, 0.1) is 0 Å². The number of anilines is 1. The van der Waals surface area contributed by atoms with Gasteiger partial charge in [0.1, 0.15) is 4.32 Å². The third kappa shape index (κ3) is 4.21. The van der Waals surface area contributed by atoms with Gasteiger partial charge in [0.05, 0.1) is 16.2 Å². The number of thioether (sulfide) groups is 1. The fourth-order valence-corrected chi connectivity index (χ4v) is 5.33. The highest BCUT2D eigenvalue weighted by Crippen LogP contribution is 2.45. The van der Waals surface area contributed by atoms with Gasteiger partial charge in [-0.3, -0.25) is 14.5 Å². The van der Waals surface area contributed by atoms with E-state index in [1.807, 2.05) is 25.1 Å². The number of hydrogen-bond donors (Lipinski definition) is 0. The third-order valence-corrected chi connectivity index (χ3v) is 6.93. The molecule has 150 valence electrons. The zero-order valence-electron chi connectivity index (χ0n) is 16.3. The summed E-state index contributed by atoms with van der Waals surface area (Å²) in [7, 11) is 0. The summed E-state index contributed by atoms with van der Waals surface area (Å²) in [5, 5.41) is 0. The van der Waals surface area contributed by atoms with Crippen LogP contribution >= 0.6 is 39.9 Å². The fourth-order valence-electron chi connectivity index (χ4n) is 3.58. The molecule has 0 bridgehead atoms. The first-order valence-electron chi connectivity index (χ1n) is 9.89. The predicted molar refractivity (Wildman–Crippen MR) is 124 cm³/mol. The summed E-state index contributed by atoms with van der Waals surface area (Å²) < 4.78 is 1.45. The number of unbranched alkanes of at least 4 members (excludes halogenated alkanes) is 4. The molecule has 0 radical (unpaired) electrons. The van der Waals surface area contributed by atoms with Crippen LogP contribution in [0.2, 0.25) is 0 Å². The monoisotopic (exact) mass is 480 g/mol. The van der Waals surface area contributed by atoms with Gasteiger partial charge in [-0.25, -0.2) is 0 Å². The lowest BCUT2D eigenvalue weighted by molar-refractivity contribution is -0.122. The lowest BCUT2D eigenvalue weighted by Gasteiger charge is -2.15. The van der Waals surface area contributed by atoms with E-state index in [0.717, 1.165) is 35.0 Å². The van der Waals surface area contributed by atoms with Gasteiger partial charge in [0.2, 0.25) is 0 Å². The average molecular weight is 481 g/mol. The molecule has 28 heavy (non-hydrogen) atoms. The van der Waals surface area contributed by atoms with E-state index in [1.165, 1.54) is 31.0 Å². The molecule has 1 aromatic carbocycles. The number of carbonyl (C=O) groups is 2. The van der Waals surface area contributed by atoms with E-state index in [9.17, 15) is 9.59 Å². The van der Waals surface area contributed by atoms with Gasteiger partial charge in [0, 0.05) is 23.1 Å². The minimum absolute atomic E-state index is 0.0987. The summed E-state index contributed by atoms with van der Waals surface area (Å²) in [4.78, 5) is 30.2. The first-order valence-corrected chi connectivity index (χ1v) is 11.9. The molecule has 3 rings (SSSR count). The predicted octanol–water partition coefficient (Wildman–Crippen LogP) is 5.75. The van der Waals surface area contributed by atoms with E-state index < -0.39 is 0 Å². The molecule has 0 saturated carbocycles. The quantitative estimate of drug-likeness (QED) is 0.270. The number of fused-ring (bicyclic) bond motifs is 1. The van der Waals surface area contributed by atoms with Crippen molar-refractivity contribution in [3.8, 4) is 0 Å². The van der Waals surface area contributed by atoms with Crippen LogP contribution < -0.4 is 4.90 Å². The Hall–Kier alpha value is -1.18. The molecule has 0 N–H and O–H groups in total. The normalized spacial score (nSPS) is 19.2. The largest absolute Gasteiger partial charge is 0.308 e. The van der Waals surface area contributed by atoms with Crippen LogP contribution in [0.25, 0.3) is 5.57 Å². The Morgan fingerprint density at radius 2 is 1.71 bits per heavy atom. The number of amides is 2. The van der Waals surface area contributed by atoms with Gasteiger partial charge in [0.25, 0.3) is 11.8 Å². The number of carbonyl (C=O) groups excluding carboxylic acids is 2. The molecule has 4 nitrogen and oxygen atoms in total. The second-order valence-electron chi connectivity index (χ2n) is 7.06. The van der Waals surface area contributed by atoms with Gasteiger partial charge in [-0.1, -0.05) is 79.4 Å². The maximum atomic E-state index is 13.2. The number of hydrogen-bond acceptors (Lipinski definition) is 4. The highest BCUT2D eigenvalue weighted by atomic mass is 79.9. The van der Waals surface area contributed by atoms with Crippen molar-refractivity contribution >= 4 is 67.3 Å². The Bertz CT molecular complexity index is 838. The molecule has 1 aromatic rings. The third-order valence-electron chi connectivity index (χ3n) is 4.99. The summed E-state index contributed by atoms with van der Waals surface area (Å²) in [6.45, 7) is 5.49. The molecular weight excluding hydrogens is 456 g/mol. The Morgan fingerprint density at radius 1 is 0.964 bits per heavy atom. The molecule has 2 amide bonds. The lowest BCUT2D eigenvalue weighted by Crippen LogP contribution is -2.30. The van der Waals surface area contributed by atoms with Crippen molar-refractivity contribution in [1.29, 1.82) is 0 Å². The van der Waals surface area contributed by atoms with Gasteiger partial charge in [-0.2, -0.15) is 0 Å². The highest BCUT2D eigenvalue weighted by Gasteiger charge is 2.41. The standard InChI is InChI=1S/C21H25BrN2O2S2/c1-3-5-6-7-8-12-24-20(26)18(28-21(24)27)17-15-13-14(22)9-10-16(15)23(11-4-2)19(17)25/h9-10,13H,3-8,11-12H2,1-2H3/b18-17-. The molecular formula is C21H25BrN2O2S2. The summed E-state index contributed by atoms with van der Waals surface area (Å²) in [5.41, 5.74) is 2.18. The van der Waals surface area contributed by atoms with Gasteiger partial charge < -0.3 is 4.90 Å². The molecule has 0 aliphatic carbocycles. The van der Waals surface area contributed by atoms with Gasteiger partial charge in [-0.05, 0) is 31.0 Å². The smallest absolute Gasteiger partial charge is 0.267 e. The Balaban J connectivity index is 1.88. The molecule has 1 saturated heterocycles. The van der Waals surface area contributed by atoms with E-state index in [1.54, 1.807) is 9.80 Å². The number of halogens is 1. The fraction of sp³-hybridized carbons (Fsp3) is 0.476. The molecule has 2 aliphatic rings. The first kappa shape index (κ1) is 21.5. The first-order chi connectivity index (χ1) is 13.5. The highest BCUT2D eigenvalue weighted by molar-refractivity contribution is 9.10. The minimum Gasteiger partial charge on any atom is -0.308 e. The zero-order chi connectivity index (χ0) is 20.3. The van der Waals surface area contributed by atoms with Crippen molar-refractivity contribution in [3.63, 3.8) is 0 Å². The van der Waals surface area contributed by atoms with Gasteiger partial charge in [-0.15, -0.1) is 0 Å². The molecule has 1 fully saturated rings. The SMILES string of the molecule is CCCCCCCN1C(=O)/C(=C2/C(=O)N(CCC)c3ccc(Br)cc32)SC1=S. The zero-order valence-corrected chi connectivity index (χ0v) is 19.5. The van der Waals surface area contributed by atoms with Crippen molar-refractivity contribution < 1.29 is 9.59 Å². The van der Waals surface area contributed by atoms with Gasteiger partial charge >= 0.3 is 0 Å². The molecule has 2 heterocycles. The van der Waals surface area contributed by atoms with Crippen LogP contribution in [0.15, 0.2) is 27.6 Å². The van der Waals surface area contributed by atoms with E-state index in [2.05, 4.69) is 22.9 Å². The number of benzene rings is 1. The van der Waals surface area contributed by atoms with Crippen LogP contribution in [0.3, 0.4) is 0 Å². The number of thiocarbonyl (C=S) groups is 1. The van der Waals surface area contributed by atoms with Gasteiger partial charge in [0.15, 0.2) is 0 Å². The van der Waals surface area contributed by atoms with E-state index in [-0.39, 0.29) is 11.8 Å². The molecule has 0 atom stereocenters. The lowest BCUT2D eigenvalue weighted by atomic mass is 10.1. The second-order valence-corrected chi connectivity index (χ2v) is 9.62. The van der Waals surface area contributed by atoms with Crippen molar-refractivity contribution in [3.05, 3.63) is 33.1 Å². The Labute approximate surface area is 184 Å². The Kier molecular flexibility index (Phi) is 7.34. The maximum Gasteiger partial charge on any atom is 0.267 e. The summed E-state index contributed by atoms with van der Waals surface area (Å²) in [6.07, 6.45) is 6.47. The van der Waals surface area contributed by atoms with Crippen molar-refractivity contribution in [2.45, 2.75) is 52.4 Å². The van der Waals surface area contributed by atoms with E-state index in [0.29, 0.717) is 27.9 Å². The van der Waals surface area contributed by atoms with Crippen LogP contribution in [-0.2, 0) is 9.59 Å². The Morgan fingerprint density at radius 3 is 2.43 bits per heavy atom. The van der Waals surface area contributed by atoms with Crippen molar-refractivity contribution in [2.24, 2.45) is 0 Å². The molecule has 0 aromatic heterocycles. The van der Waals surface area contributed by atoms with Crippen LogP contribution in [0.4, 0.5) is 5.69 Å². The van der Waals surface area contributed by atoms with Crippen LogP contribution in [0.1, 0.15) is 57.9 Å². The minimum atomic E-state index is -0.127. The average Bonchev–Trinajstić information content (AvgIpc) is 3.09. The summed E-state index contributed by atoms with van der Waals surface area (Å²) >= 11 is 10.2. The van der Waals surface area contributed by atoms with Crippen LogP contribution in [0.5, 0.6) is 0 Å². The molecule has 0 unspecified atom stereocenters. The maximum absolute atomic E-state index is 13.2. The molecule has 2 aliphatic heterocycles. The second kappa shape index (κ2) is 9.55. The number of nitrogens with zero attached hydrogens (tertiary/aromatic N) is 2. The molecule has 0 spiro atoms. The van der Waals surface area contributed by atoms with Crippen LogP contribution in [-0.4, -0.2) is 34.1 Å². The van der Waals surface area contributed by atoms with Crippen molar-refractivity contribution in [2.75, 3.05) is 18.0 Å². The van der Waals surface area contributed by atoms with E-state index in [4.69, 9.17) is 12.2 Å². The molecule has 7 heteroatoms. The van der Waals surface area contributed by atoms with E-state index >= 15 is 0 Å². The number of rotatable bonds is 8. The van der Waals surface area contributed by atoms with Crippen molar-refractivity contribution in [1.82, 2.24) is 4.90 Å². The topological polar surface area (TPSA) is 40.6 Å².